The van der Waals surface area contributed by atoms with Gasteiger partial charge in [0.2, 0.25) is 0 Å². The smallest absolute Gasteiger partial charge is 0.165 e. The van der Waals surface area contributed by atoms with Crippen LogP contribution in [0.15, 0.2) is 28.2 Å². The van der Waals surface area contributed by atoms with Crippen LogP contribution in [0.4, 0.5) is 5.82 Å². The van der Waals surface area contributed by atoms with Crippen LogP contribution in [0.2, 0.25) is 0 Å². The average molecular weight is 150 g/mol. The van der Waals surface area contributed by atoms with Crippen LogP contribution in [0.1, 0.15) is 0 Å². The van der Waals surface area contributed by atoms with E-state index in [9.17, 15) is 0 Å². The fourth-order valence-electron chi connectivity index (χ4n) is 0.843. The molecule has 3 heteroatoms. The predicted molar refractivity (Wildman–Crippen MR) is 43.1 cm³/mol. The lowest BCUT2D eigenvalue weighted by Gasteiger charge is -2.05. The summed E-state index contributed by atoms with van der Waals surface area (Å²) in [6.45, 7) is 0. The first-order chi connectivity index (χ1) is 4.97. The van der Waals surface area contributed by atoms with E-state index in [0.717, 1.165) is 11.6 Å². The number of fused-ring (bicyclic) bond motifs is 1. The normalized spacial score (nSPS) is 14.8. The van der Waals surface area contributed by atoms with E-state index in [4.69, 9.17) is 0 Å². The van der Waals surface area contributed by atoms with E-state index in [2.05, 4.69) is 9.98 Å². The molecule has 0 bridgehead atoms. The van der Waals surface area contributed by atoms with E-state index in [1.165, 1.54) is 4.90 Å². The maximum atomic E-state index is 4.14. The zero-order valence-electron chi connectivity index (χ0n) is 5.32. The van der Waals surface area contributed by atoms with Crippen molar-refractivity contribution in [1.29, 1.82) is 0 Å². The van der Waals surface area contributed by atoms with E-state index in [1.807, 2.05) is 18.3 Å². The first kappa shape index (κ1) is 5.92. The lowest BCUT2D eigenvalue weighted by Crippen LogP contribution is -1.89. The summed E-state index contributed by atoms with van der Waals surface area (Å²) in [5, 5.41) is 0. The molecule has 1 aliphatic rings. The molecule has 0 aliphatic carbocycles. The second-order valence-electron chi connectivity index (χ2n) is 1.95. The SMILES string of the molecule is C1=Nc2ncccc2SC1. The maximum absolute atomic E-state index is 4.14. The molecule has 0 saturated carbocycles. The van der Waals surface area contributed by atoms with Crippen molar-refractivity contribution in [2.75, 3.05) is 5.75 Å². The lowest BCUT2D eigenvalue weighted by atomic mass is 10.4. The Morgan fingerprint density at radius 3 is 3.40 bits per heavy atom. The molecule has 0 N–H and O–H groups in total. The van der Waals surface area contributed by atoms with Crippen LogP contribution in [0.25, 0.3) is 0 Å². The molecule has 10 heavy (non-hydrogen) atoms. The standard InChI is InChI=1S/C7H6N2S/c1-2-6-7(8-3-1)9-4-5-10-6/h1-4H,5H2. The monoisotopic (exact) mass is 150 g/mol. The van der Waals surface area contributed by atoms with Gasteiger partial charge in [-0.3, -0.25) is 0 Å². The molecule has 0 aromatic carbocycles. The summed E-state index contributed by atoms with van der Waals surface area (Å²) in [6.07, 6.45) is 3.65. The van der Waals surface area contributed by atoms with Crippen LogP contribution in [0.5, 0.6) is 0 Å². The number of aliphatic imine (C=N–C) groups is 1. The van der Waals surface area contributed by atoms with Crippen LogP contribution < -0.4 is 0 Å². The molecule has 2 nitrogen and oxygen atoms in total. The highest BCUT2D eigenvalue weighted by atomic mass is 32.2. The minimum absolute atomic E-state index is 0.860. The highest BCUT2D eigenvalue weighted by Crippen LogP contribution is 2.28. The second-order valence-corrected chi connectivity index (χ2v) is 3.01. The molecule has 0 spiro atoms. The predicted octanol–water partition coefficient (Wildman–Crippen LogP) is 1.89. The van der Waals surface area contributed by atoms with E-state index in [-0.39, 0.29) is 0 Å². The molecule has 0 atom stereocenters. The molecule has 2 rings (SSSR count). The van der Waals surface area contributed by atoms with E-state index >= 15 is 0 Å². The van der Waals surface area contributed by atoms with Gasteiger partial charge in [0.15, 0.2) is 5.82 Å². The Balaban J connectivity index is 2.54. The van der Waals surface area contributed by atoms with Gasteiger partial charge in [0, 0.05) is 18.2 Å². The fraction of sp³-hybridized carbons (Fsp3) is 0.143. The van der Waals surface area contributed by atoms with Gasteiger partial charge in [-0.15, -0.1) is 11.8 Å². The molecule has 1 aromatic heterocycles. The highest BCUT2D eigenvalue weighted by Gasteiger charge is 2.03. The molecule has 50 valence electrons. The minimum Gasteiger partial charge on any atom is -0.240 e. The number of hydrogen-bond donors (Lipinski definition) is 0. The van der Waals surface area contributed by atoms with Crippen molar-refractivity contribution in [2.24, 2.45) is 4.99 Å². The average Bonchev–Trinajstić information content (AvgIpc) is 2.05. The number of aromatic nitrogens is 1. The Kier molecular flexibility index (Phi) is 1.43. The van der Waals surface area contributed by atoms with Gasteiger partial charge in [-0.25, -0.2) is 9.98 Å². The number of hydrogen-bond acceptors (Lipinski definition) is 3. The van der Waals surface area contributed by atoms with E-state index in [1.54, 1.807) is 18.0 Å². The summed E-state index contributed by atoms with van der Waals surface area (Å²) in [6, 6.07) is 3.98. The molecule has 1 aromatic rings. The molecule has 0 saturated heterocycles. The molecule has 0 amide bonds. The molecule has 0 fully saturated rings. The van der Waals surface area contributed by atoms with Gasteiger partial charge < -0.3 is 0 Å². The van der Waals surface area contributed by atoms with Crippen LogP contribution >= 0.6 is 11.8 Å². The van der Waals surface area contributed by atoms with Crippen molar-refractivity contribution in [3.8, 4) is 0 Å². The summed E-state index contributed by atoms with van der Waals surface area (Å²) < 4.78 is 0. The second kappa shape index (κ2) is 2.42. The largest absolute Gasteiger partial charge is 0.240 e. The molecular formula is C7H6N2S. The Labute approximate surface area is 63.4 Å². The molecule has 0 unspecified atom stereocenters. The summed E-state index contributed by atoms with van der Waals surface area (Å²) in [7, 11) is 0. The van der Waals surface area contributed by atoms with Gasteiger partial charge >= 0.3 is 0 Å². The zero-order valence-corrected chi connectivity index (χ0v) is 6.14. The number of pyridine rings is 1. The van der Waals surface area contributed by atoms with Gasteiger partial charge in [-0.2, -0.15) is 0 Å². The Morgan fingerprint density at radius 1 is 1.50 bits per heavy atom. The van der Waals surface area contributed by atoms with Gasteiger partial charge in [-0.1, -0.05) is 0 Å². The Bertz CT molecular complexity index is 270. The Hall–Kier alpha value is -0.830. The number of nitrogens with zero attached hydrogens (tertiary/aromatic N) is 2. The van der Waals surface area contributed by atoms with Crippen LogP contribution in [-0.2, 0) is 0 Å². The maximum Gasteiger partial charge on any atom is 0.165 e. The van der Waals surface area contributed by atoms with Gasteiger partial charge in [-0.05, 0) is 12.1 Å². The quantitative estimate of drug-likeness (QED) is 0.564. The summed E-state index contributed by atoms with van der Waals surface area (Å²) in [5.41, 5.74) is 0. The van der Waals surface area contributed by atoms with Crippen LogP contribution in [0.3, 0.4) is 0 Å². The van der Waals surface area contributed by atoms with Crippen molar-refractivity contribution in [3.05, 3.63) is 18.3 Å². The van der Waals surface area contributed by atoms with Gasteiger partial charge in [0.1, 0.15) is 0 Å². The Morgan fingerprint density at radius 2 is 2.50 bits per heavy atom. The first-order valence-corrected chi connectivity index (χ1v) is 4.06. The highest BCUT2D eigenvalue weighted by molar-refractivity contribution is 8.00. The lowest BCUT2D eigenvalue weighted by molar-refractivity contribution is 1.19. The number of rotatable bonds is 0. The first-order valence-electron chi connectivity index (χ1n) is 3.07. The van der Waals surface area contributed by atoms with Crippen molar-refractivity contribution < 1.29 is 0 Å². The summed E-state index contributed by atoms with van der Waals surface area (Å²) in [4.78, 5) is 9.42. The third-order valence-electron chi connectivity index (χ3n) is 1.28. The fourth-order valence-corrected chi connectivity index (χ4v) is 1.58. The molecular weight excluding hydrogens is 144 g/mol. The van der Waals surface area contributed by atoms with Crippen LogP contribution in [-0.4, -0.2) is 17.0 Å². The molecule has 0 radical (unpaired) electrons. The van der Waals surface area contributed by atoms with Crippen LogP contribution in [0, 0.1) is 0 Å². The van der Waals surface area contributed by atoms with Crippen molar-refractivity contribution in [1.82, 2.24) is 4.98 Å². The third kappa shape index (κ3) is 0.926. The van der Waals surface area contributed by atoms with E-state index < -0.39 is 0 Å². The zero-order chi connectivity index (χ0) is 6.81. The summed E-state index contributed by atoms with van der Waals surface area (Å²) >= 11 is 1.78. The van der Waals surface area contributed by atoms with Crippen molar-refractivity contribution >= 4 is 23.8 Å². The third-order valence-corrected chi connectivity index (χ3v) is 2.22. The van der Waals surface area contributed by atoms with Gasteiger partial charge in [0.25, 0.3) is 0 Å². The number of thioether (sulfide) groups is 1. The van der Waals surface area contributed by atoms with E-state index in [0.29, 0.717) is 0 Å². The van der Waals surface area contributed by atoms with Crippen molar-refractivity contribution in [3.63, 3.8) is 0 Å². The van der Waals surface area contributed by atoms with Crippen molar-refractivity contribution in [2.45, 2.75) is 4.90 Å². The summed E-state index contributed by atoms with van der Waals surface area (Å²) in [5.74, 6) is 1.83. The minimum atomic E-state index is 0.860. The molecule has 1 aliphatic heterocycles. The molecule has 2 heterocycles. The topological polar surface area (TPSA) is 25.2 Å². The van der Waals surface area contributed by atoms with Gasteiger partial charge in [0.05, 0.1) is 4.90 Å².